The molecule has 0 aromatic rings. The Labute approximate surface area is 47.7 Å². The van der Waals surface area contributed by atoms with Crippen LogP contribution in [0.3, 0.4) is 0 Å². The van der Waals surface area contributed by atoms with Gasteiger partial charge in [-0.3, -0.25) is 0 Å². The molecule has 0 saturated heterocycles. The maximum atomic E-state index is 8.97. The Hall–Kier alpha value is -0.120. The van der Waals surface area contributed by atoms with Gasteiger partial charge in [0.2, 0.25) is 0 Å². The third-order valence-electron chi connectivity index (χ3n) is 2.40. The van der Waals surface area contributed by atoms with Crippen molar-refractivity contribution in [1.82, 2.24) is 0 Å². The first-order valence-electron chi connectivity index (χ1n) is 2.91. The van der Waals surface area contributed by atoms with Gasteiger partial charge in [0.25, 0.3) is 0 Å². The molecular weight excluding hydrogens is 104 g/mol. The van der Waals surface area contributed by atoms with Gasteiger partial charge in [-0.05, 0) is 12.5 Å². The van der Waals surface area contributed by atoms with Gasteiger partial charge < -0.3 is 16.6 Å². The normalized spacial score (nSPS) is 67.1. The second kappa shape index (κ2) is 0.943. The molecule has 2 aliphatic rings. The van der Waals surface area contributed by atoms with E-state index in [1.165, 1.54) is 0 Å². The minimum absolute atomic E-state index is 0.354. The van der Waals surface area contributed by atoms with E-state index in [-0.39, 0.29) is 0 Å². The van der Waals surface area contributed by atoms with Gasteiger partial charge in [0.05, 0.1) is 0 Å². The fourth-order valence-electron chi connectivity index (χ4n) is 1.68. The second-order valence-corrected chi connectivity index (χ2v) is 2.84. The highest BCUT2D eigenvalue weighted by molar-refractivity contribution is 5.28. The number of aliphatic hydroxyl groups is 1. The van der Waals surface area contributed by atoms with E-state index >= 15 is 0 Å². The van der Waals surface area contributed by atoms with Gasteiger partial charge in [-0.2, -0.15) is 0 Å². The maximum absolute atomic E-state index is 8.97. The average molecular weight is 114 g/mol. The zero-order valence-corrected chi connectivity index (χ0v) is 4.54. The van der Waals surface area contributed by atoms with Crippen LogP contribution in [0, 0.1) is 17.8 Å². The molecule has 0 aromatic heterocycles. The molecular formula is C5H10N2O. The van der Waals surface area contributed by atoms with Gasteiger partial charge in [-0.25, -0.2) is 0 Å². The van der Waals surface area contributed by atoms with E-state index in [1.807, 2.05) is 0 Å². The SMILES string of the molecule is NCC1C2C1C2(N)O. The molecule has 3 heteroatoms. The Kier molecular flexibility index (Phi) is 0.558. The highest BCUT2D eigenvalue weighted by Crippen LogP contribution is 2.72. The summed E-state index contributed by atoms with van der Waals surface area (Å²) in [5, 5.41) is 8.97. The summed E-state index contributed by atoms with van der Waals surface area (Å²) in [6, 6.07) is 0. The zero-order chi connectivity index (χ0) is 5.94. The molecule has 2 aliphatic carbocycles. The Morgan fingerprint density at radius 1 is 1.50 bits per heavy atom. The molecule has 46 valence electrons. The van der Waals surface area contributed by atoms with Crippen molar-refractivity contribution >= 4 is 0 Å². The summed E-state index contributed by atoms with van der Waals surface area (Å²) in [6.07, 6.45) is 0. The summed E-state index contributed by atoms with van der Waals surface area (Å²) in [5.41, 5.74) is 9.83. The van der Waals surface area contributed by atoms with Gasteiger partial charge in [0, 0.05) is 11.8 Å². The summed E-state index contributed by atoms with van der Waals surface area (Å²) < 4.78 is 0. The van der Waals surface area contributed by atoms with Crippen LogP contribution >= 0.6 is 0 Å². The quantitative estimate of drug-likeness (QED) is 0.362. The summed E-state index contributed by atoms with van der Waals surface area (Å²) in [4.78, 5) is 0. The van der Waals surface area contributed by atoms with E-state index in [1.54, 1.807) is 0 Å². The summed E-state index contributed by atoms with van der Waals surface area (Å²) in [5.74, 6) is 1.25. The molecule has 0 spiro atoms. The summed E-state index contributed by atoms with van der Waals surface area (Å²) in [6.45, 7) is 0.689. The molecule has 0 aliphatic heterocycles. The van der Waals surface area contributed by atoms with Crippen LogP contribution in [0.5, 0.6) is 0 Å². The molecule has 0 bridgehead atoms. The third kappa shape index (κ3) is 0.292. The van der Waals surface area contributed by atoms with Crippen LogP contribution in [0.2, 0.25) is 0 Å². The van der Waals surface area contributed by atoms with Gasteiger partial charge in [-0.15, -0.1) is 0 Å². The molecule has 0 amide bonds. The minimum Gasteiger partial charge on any atom is -0.375 e. The van der Waals surface area contributed by atoms with E-state index in [2.05, 4.69) is 0 Å². The van der Waals surface area contributed by atoms with Crippen LogP contribution in [0.15, 0.2) is 0 Å². The molecule has 0 aromatic carbocycles. The van der Waals surface area contributed by atoms with Crippen LogP contribution in [-0.2, 0) is 0 Å². The molecule has 0 radical (unpaired) electrons. The fourth-order valence-corrected chi connectivity index (χ4v) is 1.68. The Balaban J connectivity index is 1.95. The van der Waals surface area contributed by atoms with Crippen LogP contribution in [0.4, 0.5) is 0 Å². The van der Waals surface area contributed by atoms with Crippen molar-refractivity contribution in [3.8, 4) is 0 Å². The molecule has 5 N–H and O–H groups in total. The van der Waals surface area contributed by atoms with Crippen molar-refractivity contribution in [1.29, 1.82) is 0 Å². The lowest BCUT2D eigenvalue weighted by atomic mass is 10.1. The first kappa shape index (κ1) is 4.73. The van der Waals surface area contributed by atoms with Crippen molar-refractivity contribution in [3.63, 3.8) is 0 Å². The topological polar surface area (TPSA) is 72.3 Å². The number of hydrogen-bond acceptors (Lipinski definition) is 3. The van der Waals surface area contributed by atoms with Crippen LogP contribution in [-0.4, -0.2) is 17.4 Å². The fraction of sp³-hybridized carbons (Fsp3) is 1.00. The Bertz CT molecular complexity index is 122. The van der Waals surface area contributed by atoms with Gasteiger partial charge in [0.15, 0.2) is 0 Å². The molecule has 3 nitrogen and oxygen atoms in total. The Morgan fingerprint density at radius 3 is 2.12 bits per heavy atom. The molecule has 2 rings (SSSR count). The molecule has 2 fully saturated rings. The highest BCUT2D eigenvalue weighted by atomic mass is 16.3. The van der Waals surface area contributed by atoms with Crippen molar-refractivity contribution in [2.24, 2.45) is 29.2 Å². The third-order valence-corrected chi connectivity index (χ3v) is 2.40. The lowest BCUT2D eigenvalue weighted by Crippen LogP contribution is -2.36. The standard InChI is InChI=1S/C5H10N2O/c6-1-2-3-4(2)5(3,7)8/h2-4,8H,1,6-7H2. The van der Waals surface area contributed by atoms with Crippen LogP contribution in [0.25, 0.3) is 0 Å². The predicted octanol–water partition coefficient (Wildman–Crippen LogP) is -1.53. The van der Waals surface area contributed by atoms with E-state index in [0.29, 0.717) is 24.3 Å². The smallest absolute Gasteiger partial charge is 0.120 e. The zero-order valence-electron chi connectivity index (χ0n) is 4.54. The van der Waals surface area contributed by atoms with Crippen LogP contribution < -0.4 is 11.5 Å². The summed E-state index contributed by atoms with van der Waals surface area (Å²) >= 11 is 0. The van der Waals surface area contributed by atoms with Gasteiger partial charge >= 0.3 is 0 Å². The largest absolute Gasteiger partial charge is 0.375 e. The van der Waals surface area contributed by atoms with Crippen molar-refractivity contribution in [2.75, 3.05) is 6.54 Å². The van der Waals surface area contributed by atoms with Gasteiger partial charge in [-0.1, -0.05) is 0 Å². The van der Waals surface area contributed by atoms with Crippen molar-refractivity contribution < 1.29 is 5.11 Å². The first-order valence-corrected chi connectivity index (χ1v) is 2.91. The number of hydrogen-bond donors (Lipinski definition) is 3. The van der Waals surface area contributed by atoms with Crippen LogP contribution in [0.1, 0.15) is 0 Å². The highest BCUT2D eigenvalue weighted by Gasteiger charge is 2.81. The molecule has 2 unspecified atom stereocenters. The number of rotatable bonds is 1. The van der Waals surface area contributed by atoms with E-state index in [9.17, 15) is 0 Å². The summed E-state index contributed by atoms with van der Waals surface area (Å²) in [7, 11) is 0. The van der Waals surface area contributed by atoms with E-state index in [4.69, 9.17) is 16.6 Å². The van der Waals surface area contributed by atoms with E-state index < -0.39 is 5.72 Å². The second-order valence-electron chi connectivity index (χ2n) is 2.84. The number of fused-ring (bicyclic) bond motifs is 1. The lowest BCUT2D eigenvalue weighted by Gasteiger charge is -2.12. The average Bonchev–Trinajstić information content (AvgIpc) is 2.48. The monoisotopic (exact) mass is 114 g/mol. The van der Waals surface area contributed by atoms with E-state index in [0.717, 1.165) is 0 Å². The minimum atomic E-state index is -0.802. The molecule has 2 atom stereocenters. The Morgan fingerprint density at radius 2 is 2.00 bits per heavy atom. The van der Waals surface area contributed by atoms with Crippen molar-refractivity contribution in [2.45, 2.75) is 5.72 Å². The predicted molar refractivity (Wildman–Crippen MR) is 28.7 cm³/mol. The van der Waals surface area contributed by atoms with Crippen molar-refractivity contribution in [3.05, 3.63) is 0 Å². The molecule has 8 heavy (non-hydrogen) atoms. The molecule has 2 saturated carbocycles. The first-order chi connectivity index (χ1) is 3.69. The molecule has 0 heterocycles. The lowest BCUT2D eigenvalue weighted by molar-refractivity contribution is 0.0754. The van der Waals surface area contributed by atoms with Gasteiger partial charge in [0.1, 0.15) is 5.72 Å². The number of nitrogens with two attached hydrogens (primary N) is 2. The maximum Gasteiger partial charge on any atom is 0.120 e.